The predicted molar refractivity (Wildman–Crippen MR) is 132 cm³/mol. The lowest BCUT2D eigenvalue weighted by molar-refractivity contribution is 0.0828. The van der Waals surface area contributed by atoms with Gasteiger partial charge < -0.3 is 4.90 Å². The summed E-state index contributed by atoms with van der Waals surface area (Å²) in [6.45, 7) is 7.72. The van der Waals surface area contributed by atoms with E-state index in [2.05, 4.69) is 15.0 Å². The first-order valence-electron chi connectivity index (χ1n) is 10.2. The lowest BCUT2D eigenvalue weighted by atomic mass is 10.1. The maximum absolute atomic E-state index is 13.0. The molecule has 0 fully saturated rings. The van der Waals surface area contributed by atoms with Crippen molar-refractivity contribution in [2.75, 3.05) is 27.2 Å². The van der Waals surface area contributed by atoms with Crippen molar-refractivity contribution in [2.45, 2.75) is 11.3 Å². The van der Waals surface area contributed by atoms with Gasteiger partial charge in [0.15, 0.2) is 0 Å². The van der Waals surface area contributed by atoms with Crippen LogP contribution in [-0.4, -0.2) is 60.9 Å². The minimum absolute atomic E-state index is 0.0214. The first kappa shape index (κ1) is 24.0. The summed E-state index contributed by atoms with van der Waals surface area (Å²) in [5.41, 5.74) is 2.19. The van der Waals surface area contributed by atoms with Gasteiger partial charge in [0.25, 0.3) is 5.91 Å². The number of amides is 1. The number of benzene rings is 2. The third-order valence-electron chi connectivity index (χ3n) is 5.33. The van der Waals surface area contributed by atoms with E-state index in [4.69, 9.17) is 18.2 Å². The van der Waals surface area contributed by atoms with Crippen LogP contribution in [0, 0.1) is 6.57 Å². The van der Waals surface area contributed by atoms with E-state index < -0.39 is 10.0 Å². The molecule has 8 nitrogen and oxygen atoms in total. The van der Waals surface area contributed by atoms with Gasteiger partial charge >= 0.3 is 0 Å². The van der Waals surface area contributed by atoms with Crippen LogP contribution in [0.4, 0.5) is 5.69 Å². The molecule has 1 aliphatic rings. The Morgan fingerprint density at radius 3 is 2.56 bits per heavy atom. The molecule has 3 aromatic rings. The summed E-state index contributed by atoms with van der Waals surface area (Å²) >= 11 is 7.70. The van der Waals surface area contributed by atoms with Crippen LogP contribution in [-0.2, 0) is 10.0 Å². The quantitative estimate of drug-likeness (QED) is 0.466. The fourth-order valence-corrected chi connectivity index (χ4v) is 6.18. The van der Waals surface area contributed by atoms with Gasteiger partial charge in [-0.05, 0) is 24.1 Å². The molecule has 4 rings (SSSR count). The first-order chi connectivity index (χ1) is 16.2. The summed E-state index contributed by atoms with van der Waals surface area (Å²) in [5.74, 6) is -0.180. The van der Waals surface area contributed by atoms with Gasteiger partial charge in [-0.15, -0.1) is 10.2 Å². The standard InChI is InChI=1S/C23H20ClN5O3S2/c1-25-19-6-4-5-7-20(19)34(31,32)29-12-10-15(11-13-29)21-26-27-22(33-21)16-8-9-17(18(24)14-16)23(30)28(2)3/h4-10,14H,11-13H2,2-3H3. The minimum atomic E-state index is -3.77. The second kappa shape index (κ2) is 9.64. The number of carbonyl (C=O) groups is 1. The number of halogens is 1. The Hall–Kier alpha value is -3.10. The molecule has 0 bridgehead atoms. The van der Waals surface area contributed by atoms with Crippen LogP contribution in [0.25, 0.3) is 21.0 Å². The molecule has 0 radical (unpaired) electrons. The lowest BCUT2D eigenvalue weighted by Crippen LogP contribution is -2.34. The summed E-state index contributed by atoms with van der Waals surface area (Å²) in [4.78, 5) is 17.0. The second-order valence-corrected chi connectivity index (χ2v) is 11.0. The zero-order valence-electron chi connectivity index (χ0n) is 18.4. The number of para-hydroxylation sites is 1. The smallest absolute Gasteiger partial charge is 0.254 e. The van der Waals surface area contributed by atoms with Gasteiger partial charge in [0.1, 0.15) is 10.0 Å². The van der Waals surface area contributed by atoms with Crippen LogP contribution in [0.5, 0.6) is 0 Å². The fourth-order valence-electron chi connectivity index (χ4n) is 3.50. The van der Waals surface area contributed by atoms with Gasteiger partial charge in [0, 0.05) is 32.7 Å². The average molecular weight is 514 g/mol. The summed E-state index contributed by atoms with van der Waals surface area (Å²) in [6.07, 6.45) is 2.31. The largest absolute Gasteiger partial charge is 0.345 e. The summed E-state index contributed by atoms with van der Waals surface area (Å²) < 4.78 is 27.4. The highest BCUT2D eigenvalue weighted by atomic mass is 35.5. The normalized spacial score (nSPS) is 14.4. The molecule has 0 aliphatic carbocycles. The first-order valence-corrected chi connectivity index (χ1v) is 12.9. The predicted octanol–water partition coefficient (Wildman–Crippen LogP) is 4.59. The molecule has 11 heteroatoms. The van der Waals surface area contributed by atoms with Crippen LogP contribution < -0.4 is 0 Å². The number of carbonyl (C=O) groups excluding carboxylic acids is 1. The molecule has 174 valence electrons. The van der Waals surface area contributed by atoms with Gasteiger partial charge in [-0.3, -0.25) is 4.79 Å². The highest BCUT2D eigenvalue weighted by Crippen LogP contribution is 2.34. The van der Waals surface area contributed by atoms with Crippen molar-refractivity contribution in [2.24, 2.45) is 0 Å². The lowest BCUT2D eigenvalue weighted by Gasteiger charge is -2.25. The summed E-state index contributed by atoms with van der Waals surface area (Å²) in [6, 6.07) is 11.4. The van der Waals surface area contributed by atoms with E-state index in [1.807, 2.05) is 6.08 Å². The Labute approximate surface area is 207 Å². The molecule has 2 aromatic carbocycles. The summed E-state index contributed by atoms with van der Waals surface area (Å²) in [7, 11) is -0.445. The highest BCUT2D eigenvalue weighted by Gasteiger charge is 2.29. The molecule has 1 aromatic heterocycles. The van der Waals surface area contributed by atoms with Crippen LogP contribution in [0.1, 0.15) is 21.8 Å². The Morgan fingerprint density at radius 2 is 1.91 bits per heavy atom. The third-order valence-corrected chi connectivity index (χ3v) is 8.60. The highest BCUT2D eigenvalue weighted by molar-refractivity contribution is 7.89. The zero-order valence-corrected chi connectivity index (χ0v) is 20.8. The topological polar surface area (TPSA) is 87.8 Å². The van der Waals surface area contributed by atoms with Crippen molar-refractivity contribution < 1.29 is 13.2 Å². The van der Waals surface area contributed by atoms with E-state index in [9.17, 15) is 13.2 Å². The van der Waals surface area contributed by atoms with Gasteiger partial charge in [-0.25, -0.2) is 13.3 Å². The Bertz CT molecular complexity index is 1440. The van der Waals surface area contributed by atoms with Crippen LogP contribution >= 0.6 is 22.9 Å². The molecule has 1 aliphatic heterocycles. The molecular weight excluding hydrogens is 494 g/mol. The molecule has 0 saturated carbocycles. The average Bonchev–Trinajstić information content (AvgIpc) is 3.34. The van der Waals surface area contributed by atoms with Gasteiger partial charge in [0.05, 0.1) is 22.1 Å². The third kappa shape index (κ3) is 4.60. The Morgan fingerprint density at radius 1 is 1.18 bits per heavy atom. The van der Waals surface area contributed by atoms with Gasteiger partial charge in [-0.1, -0.05) is 59.3 Å². The van der Waals surface area contributed by atoms with E-state index in [1.54, 1.807) is 44.4 Å². The monoisotopic (exact) mass is 513 g/mol. The molecule has 0 unspecified atom stereocenters. The molecule has 0 saturated heterocycles. The maximum atomic E-state index is 13.0. The number of hydrogen-bond acceptors (Lipinski definition) is 6. The molecule has 0 spiro atoms. The number of hydrogen-bond donors (Lipinski definition) is 0. The number of rotatable bonds is 5. The zero-order chi connectivity index (χ0) is 24.5. The van der Waals surface area contributed by atoms with E-state index in [1.165, 1.54) is 32.7 Å². The van der Waals surface area contributed by atoms with Crippen molar-refractivity contribution in [1.82, 2.24) is 19.4 Å². The van der Waals surface area contributed by atoms with Crippen molar-refractivity contribution in [3.8, 4) is 10.6 Å². The number of nitrogens with zero attached hydrogens (tertiary/aromatic N) is 5. The van der Waals surface area contributed by atoms with E-state index >= 15 is 0 Å². The molecule has 2 heterocycles. The Balaban J connectivity index is 1.53. The van der Waals surface area contributed by atoms with Crippen molar-refractivity contribution in [3.05, 3.63) is 75.6 Å². The van der Waals surface area contributed by atoms with E-state index in [-0.39, 0.29) is 29.6 Å². The molecule has 0 N–H and O–H groups in total. The summed E-state index contributed by atoms with van der Waals surface area (Å²) in [5, 5.41) is 10.2. The maximum Gasteiger partial charge on any atom is 0.254 e. The minimum Gasteiger partial charge on any atom is -0.345 e. The Kier molecular flexibility index (Phi) is 6.81. The second-order valence-electron chi connectivity index (χ2n) is 7.73. The van der Waals surface area contributed by atoms with Crippen molar-refractivity contribution >= 4 is 50.1 Å². The van der Waals surface area contributed by atoms with Gasteiger partial charge in [0.2, 0.25) is 15.7 Å². The number of aromatic nitrogens is 2. The molecule has 34 heavy (non-hydrogen) atoms. The van der Waals surface area contributed by atoms with Crippen molar-refractivity contribution in [1.29, 1.82) is 0 Å². The SMILES string of the molecule is [C-]#[N+]c1ccccc1S(=O)(=O)N1CC=C(c2nnc(-c3ccc(C(=O)N(C)C)c(Cl)c3)s2)CC1. The molecule has 1 amide bonds. The van der Waals surface area contributed by atoms with Crippen LogP contribution in [0.2, 0.25) is 5.02 Å². The van der Waals surface area contributed by atoms with Crippen LogP contribution in [0.15, 0.2) is 53.4 Å². The van der Waals surface area contributed by atoms with E-state index in [0.717, 1.165) is 11.1 Å². The van der Waals surface area contributed by atoms with Crippen LogP contribution in [0.3, 0.4) is 0 Å². The number of sulfonamides is 1. The van der Waals surface area contributed by atoms with E-state index in [0.29, 0.717) is 27.0 Å². The van der Waals surface area contributed by atoms with Gasteiger partial charge in [-0.2, -0.15) is 4.31 Å². The van der Waals surface area contributed by atoms with Crippen molar-refractivity contribution in [3.63, 3.8) is 0 Å². The fraction of sp³-hybridized carbons (Fsp3) is 0.217. The molecule has 0 atom stereocenters. The molecular formula is C23H20ClN5O3S2.